The smallest absolute Gasteiger partial charge is 0.336 e. The van der Waals surface area contributed by atoms with Crippen LogP contribution in [0.1, 0.15) is 37.6 Å². The zero-order valence-electron chi connectivity index (χ0n) is 24.1. The first kappa shape index (κ1) is 12.3. The molecule has 0 spiro atoms. The Bertz CT molecular complexity index is 1130. The van der Waals surface area contributed by atoms with E-state index >= 15 is 0 Å². The molecule has 1 atom stereocenters. The van der Waals surface area contributed by atoms with Crippen molar-refractivity contribution in [3.05, 3.63) is 57.4 Å². The van der Waals surface area contributed by atoms with Gasteiger partial charge in [-0.2, -0.15) is 0 Å². The van der Waals surface area contributed by atoms with Crippen LogP contribution in [-0.4, -0.2) is 45.3 Å². The second kappa shape index (κ2) is 10.3. The predicted molar refractivity (Wildman–Crippen MR) is 106 cm³/mol. The van der Waals surface area contributed by atoms with Crippen molar-refractivity contribution in [3.8, 4) is 0 Å². The van der Waals surface area contributed by atoms with Gasteiger partial charge in [0.1, 0.15) is 0 Å². The number of hydrogen-bond donors (Lipinski definition) is 2. The molecule has 0 saturated heterocycles. The summed E-state index contributed by atoms with van der Waals surface area (Å²) >= 11 is 6.36. The van der Waals surface area contributed by atoms with Crippen LogP contribution < -0.4 is 11.1 Å². The van der Waals surface area contributed by atoms with Crippen LogP contribution in [0.5, 0.6) is 0 Å². The molecule has 0 saturated carbocycles. The van der Waals surface area contributed by atoms with Crippen molar-refractivity contribution in [1.29, 1.82) is 0 Å². The Labute approximate surface area is 182 Å². The van der Waals surface area contributed by atoms with Crippen LogP contribution in [0.4, 0.5) is 0 Å². The number of ether oxygens (including phenoxy) is 3. The third kappa shape index (κ3) is 4.73. The van der Waals surface area contributed by atoms with E-state index in [1.165, 1.54) is 25.1 Å². The van der Waals surface area contributed by atoms with Gasteiger partial charge in [0.05, 0.1) is 55.1 Å². The molecule has 0 aliphatic carbocycles. The molecule has 7 nitrogen and oxygen atoms in total. The topological polar surface area (TPSA) is 99.9 Å². The molecule has 0 fully saturated rings. The SMILES string of the molecule is [2H]C([2H])([2H])C([2H])([2H])OC(=O)C1=C(COC([2H])([2H])C([2H])([2H])N)NC(C)=C(C(=O)OC)C1c1ccccc1Cl. The number of nitrogens with one attached hydrogen (secondary N) is 1. The van der Waals surface area contributed by atoms with Crippen molar-refractivity contribution in [2.24, 2.45) is 5.73 Å². The molecule has 1 aliphatic heterocycles. The van der Waals surface area contributed by atoms with E-state index in [1.807, 2.05) is 0 Å². The second-order valence-electron chi connectivity index (χ2n) is 5.53. The molecule has 0 aromatic heterocycles. The van der Waals surface area contributed by atoms with Crippen LogP contribution in [0.25, 0.3) is 0 Å². The number of rotatable bonds is 8. The Morgan fingerprint density at radius 3 is 2.71 bits per heavy atom. The number of nitrogens with two attached hydrogens (primary N) is 1. The molecule has 1 unspecified atom stereocenters. The van der Waals surface area contributed by atoms with E-state index in [9.17, 15) is 9.59 Å². The summed E-state index contributed by atoms with van der Waals surface area (Å²) < 4.78 is 82.6. The summed E-state index contributed by atoms with van der Waals surface area (Å²) in [5.41, 5.74) is 4.49. The Morgan fingerprint density at radius 1 is 1.32 bits per heavy atom. The van der Waals surface area contributed by atoms with Crippen LogP contribution in [0.2, 0.25) is 5.02 Å². The molecule has 0 radical (unpaired) electrons. The van der Waals surface area contributed by atoms with Gasteiger partial charge in [-0.25, -0.2) is 9.59 Å². The van der Waals surface area contributed by atoms with Crippen LogP contribution in [0.15, 0.2) is 46.8 Å². The second-order valence-corrected chi connectivity index (χ2v) is 5.94. The molecule has 1 heterocycles. The number of dihydropyridines is 1. The van der Waals surface area contributed by atoms with Gasteiger partial charge in [0.15, 0.2) is 0 Å². The Hall–Kier alpha value is -2.35. The minimum absolute atomic E-state index is 0.0709. The van der Waals surface area contributed by atoms with E-state index in [0.29, 0.717) is 0 Å². The van der Waals surface area contributed by atoms with E-state index in [-0.39, 0.29) is 27.6 Å². The van der Waals surface area contributed by atoms with Gasteiger partial charge >= 0.3 is 11.9 Å². The van der Waals surface area contributed by atoms with E-state index in [0.717, 1.165) is 7.11 Å². The van der Waals surface area contributed by atoms with Crippen molar-refractivity contribution in [1.82, 2.24) is 5.32 Å². The Morgan fingerprint density at radius 2 is 2.07 bits per heavy atom. The molecular weight excluding hydrogens is 384 g/mol. The summed E-state index contributed by atoms with van der Waals surface area (Å²) in [5, 5.41) is 2.75. The molecule has 152 valence electrons. The minimum atomic E-state index is -3.46. The zero-order chi connectivity index (χ0) is 28.6. The molecule has 2 rings (SSSR count). The summed E-state index contributed by atoms with van der Waals surface area (Å²) in [4.78, 5) is 26.2. The lowest BCUT2D eigenvalue weighted by atomic mass is 9.80. The highest BCUT2D eigenvalue weighted by Crippen LogP contribution is 2.41. The molecule has 8 heteroatoms. The summed E-state index contributed by atoms with van der Waals surface area (Å²) in [6, 6.07) is 6.01. The average Bonchev–Trinajstić information content (AvgIpc) is 2.75. The fourth-order valence-corrected chi connectivity index (χ4v) is 3.15. The van der Waals surface area contributed by atoms with Crippen LogP contribution in [0.3, 0.4) is 0 Å². The molecule has 1 aliphatic rings. The number of esters is 2. The molecule has 3 N–H and O–H groups in total. The van der Waals surface area contributed by atoms with Gasteiger partial charge in [-0.1, -0.05) is 29.8 Å². The number of allylic oxidation sites excluding steroid dienone is 1. The maximum absolute atomic E-state index is 13.4. The quantitative estimate of drug-likeness (QED) is 0.626. The van der Waals surface area contributed by atoms with Crippen LogP contribution in [-0.2, 0) is 23.8 Å². The van der Waals surface area contributed by atoms with Crippen molar-refractivity contribution >= 4 is 23.5 Å². The van der Waals surface area contributed by atoms with Crippen LogP contribution >= 0.6 is 11.6 Å². The van der Waals surface area contributed by atoms with Gasteiger partial charge in [0.2, 0.25) is 0 Å². The van der Waals surface area contributed by atoms with E-state index < -0.39 is 56.5 Å². The fraction of sp³-hybridized carbons (Fsp3) is 0.400. The van der Waals surface area contributed by atoms with Crippen molar-refractivity contribution in [2.75, 3.05) is 33.3 Å². The Balaban J connectivity index is 2.79. The molecule has 0 bridgehead atoms. The van der Waals surface area contributed by atoms with Crippen molar-refractivity contribution in [3.63, 3.8) is 0 Å². The van der Waals surface area contributed by atoms with Gasteiger partial charge in [-0.3, -0.25) is 0 Å². The maximum atomic E-state index is 13.4. The largest absolute Gasteiger partial charge is 0.466 e. The zero-order valence-corrected chi connectivity index (χ0v) is 15.8. The van der Waals surface area contributed by atoms with Gasteiger partial charge in [0, 0.05) is 24.1 Å². The van der Waals surface area contributed by atoms with Gasteiger partial charge < -0.3 is 25.3 Å². The van der Waals surface area contributed by atoms with Gasteiger partial charge in [-0.15, -0.1) is 0 Å². The van der Waals surface area contributed by atoms with E-state index in [1.54, 1.807) is 6.07 Å². The van der Waals surface area contributed by atoms with E-state index in [2.05, 4.69) is 5.32 Å². The highest BCUT2D eigenvalue weighted by Gasteiger charge is 2.39. The third-order valence-corrected chi connectivity index (χ3v) is 4.32. The number of benzene rings is 1. The average molecular weight is 418 g/mol. The first-order valence-electron chi connectivity index (χ1n) is 12.4. The number of halogens is 1. The maximum Gasteiger partial charge on any atom is 0.336 e. The molecule has 1 aromatic carbocycles. The molecule has 1 aromatic rings. The standard InChI is InChI=1S/C20H25ClN2O5/c1-4-28-20(25)18-15(11-27-10-9-22)23-12(2)16(19(24)26-3)17(18)13-7-5-6-8-14(13)21/h5-8,17,23H,4,9-11,22H2,1-3H3/i1D3,4D2,9D2,10D2. The fourth-order valence-electron chi connectivity index (χ4n) is 2.90. The number of hydrogen-bond acceptors (Lipinski definition) is 7. The van der Waals surface area contributed by atoms with Crippen molar-refractivity contribution < 1.29 is 36.1 Å². The minimum Gasteiger partial charge on any atom is -0.466 e. The monoisotopic (exact) mass is 417 g/mol. The predicted octanol–water partition coefficient (Wildman–Crippen LogP) is 2.27. The lowest BCUT2D eigenvalue weighted by Gasteiger charge is -2.31. The lowest BCUT2D eigenvalue weighted by molar-refractivity contribution is -0.139. The normalized spacial score (nSPS) is 23.4. The first-order valence-corrected chi connectivity index (χ1v) is 8.32. The van der Waals surface area contributed by atoms with Gasteiger partial charge in [-0.05, 0) is 25.4 Å². The first-order chi connectivity index (χ1) is 16.7. The summed E-state index contributed by atoms with van der Waals surface area (Å²) in [5.74, 6) is -3.84. The van der Waals surface area contributed by atoms with Crippen molar-refractivity contribution in [2.45, 2.75) is 19.7 Å². The summed E-state index contributed by atoms with van der Waals surface area (Å²) in [6.45, 7) is -12.3. The van der Waals surface area contributed by atoms with E-state index in [4.69, 9.17) is 43.9 Å². The number of carbonyl (C=O) groups excluding carboxylic acids is 2. The summed E-state index contributed by atoms with van der Waals surface area (Å²) in [7, 11) is 1.08. The third-order valence-electron chi connectivity index (χ3n) is 3.98. The highest BCUT2D eigenvalue weighted by atomic mass is 35.5. The lowest BCUT2D eigenvalue weighted by Crippen LogP contribution is -2.35. The molecular formula is C20H25ClN2O5. The number of methoxy groups -OCH3 is 1. The summed E-state index contributed by atoms with van der Waals surface area (Å²) in [6.07, 6.45) is 0. The molecule has 0 amide bonds. The number of carbonyl (C=O) groups is 2. The van der Waals surface area contributed by atoms with Crippen LogP contribution in [0, 0.1) is 0 Å². The molecule has 28 heavy (non-hydrogen) atoms. The Kier molecular flexibility index (Phi) is 4.50. The van der Waals surface area contributed by atoms with Gasteiger partial charge in [0.25, 0.3) is 0 Å². The highest BCUT2D eigenvalue weighted by molar-refractivity contribution is 6.31.